The number of benzene rings is 2. The fourth-order valence-corrected chi connectivity index (χ4v) is 3.98. The van der Waals surface area contributed by atoms with Gasteiger partial charge in [0, 0.05) is 18.7 Å². The van der Waals surface area contributed by atoms with Gasteiger partial charge in [-0.25, -0.2) is 0 Å². The third kappa shape index (κ3) is 3.87. The van der Waals surface area contributed by atoms with Crippen LogP contribution in [-0.4, -0.2) is 41.0 Å². The summed E-state index contributed by atoms with van der Waals surface area (Å²) >= 11 is 0. The Hall–Kier alpha value is -2.86. The van der Waals surface area contributed by atoms with Gasteiger partial charge in [-0.2, -0.15) is 0 Å². The largest absolute Gasteiger partial charge is 0.484 e. The number of amides is 2. The molecule has 1 saturated heterocycles. The van der Waals surface area contributed by atoms with E-state index in [0.29, 0.717) is 25.1 Å². The van der Waals surface area contributed by atoms with Gasteiger partial charge in [-0.3, -0.25) is 9.59 Å². The van der Waals surface area contributed by atoms with Crippen molar-refractivity contribution in [3.63, 3.8) is 0 Å². The molecule has 28 heavy (non-hydrogen) atoms. The van der Waals surface area contributed by atoms with Crippen LogP contribution >= 0.6 is 0 Å². The molecule has 2 N–H and O–H groups in total. The van der Waals surface area contributed by atoms with Crippen molar-refractivity contribution in [2.45, 2.75) is 37.8 Å². The molecule has 6 nitrogen and oxygen atoms in total. The molecule has 146 valence electrons. The molecule has 2 aliphatic heterocycles. The molecule has 0 aromatic heterocycles. The number of nitrogens with zero attached hydrogens (tertiary/aromatic N) is 1. The molecule has 2 amide bonds. The molecule has 0 spiro atoms. The number of aliphatic hydroxyl groups excluding tert-OH is 1. The third-order valence-electron chi connectivity index (χ3n) is 5.46. The van der Waals surface area contributed by atoms with Gasteiger partial charge >= 0.3 is 0 Å². The van der Waals surface area contributed by atoms with Crippen LogP contribution in [0.5, 0.6) is 5.75 Å². The number of anilines is 1. The van der Waals surface area contributed by atoms with Crippen LogP contribution in [0.15, 0.2) is 48.5 Å². The van der Waals surface area contributed by atoms with Crippen LogP contribution in [0.25, 0.3) is 0 Å². The zero-order chi connectivity index (χ0) is 19.5. The lowest BCUT2D eigenvalue weighted by Gasteiger charge is -2.29. The van der Waals surface area contributed by atoms with Crippen LogP contribution in [0.1, 0.15) is 36.5 Å². The summed E-state index contributed by atoms with van der Waals surface area (Å²) in [7, 11) is 0. The van der Waals surface area contributed by atoms with Gasteiger partial charge in [0.25, 0.3) is 5.91 Å². The highest BCUT2D eigenvalue weighted by Crippen LogP contribution is 2.30. The lowest BCUT2D eigenvalue weighted by Crippen LogP contribution is -2.41. The van der Waals surface area contributed by atoms with E-state index in [4.69, 9.17) is 4.74 Å². The number of carbonyl (C=O) groups is 2. The number of likely N-dealkylation sites (tertiary alicyclic amines) is 1. The first-order valence-corrected chi connectivity index (χ1v) is 9.70. The quantitative estimate of drug-likeness (QED) is 0.836. The summed E-state index contributed by atoms with van der Waals surface area (Å²) in [6.07, 6.45) is 2.09. The number of carbonyl (C=O) groups excluding carboxylic acids is 2. The maximum absolute atomic E-state index is 12.7. The summed E-state index contributed by atoms with van der Waals surface area (Å²) in [6.45, 7) is 0.566. The molecule has 2 heterocycles. The average molecular weight is 380 g/mol. The Balaban J connectivity index is 1.39. The Morgan fingerprint density at radius 2 is 2.04 bits per heavy atom. The first kappa shape index (κ1) is 18.5. The number of aryl methyl sites for hydroxylation is 1. The number of hydrogen-bond acceptors (Lipinski definition) is 4. The van der Waals surface area contributed by atoms with E-state index < -0.39 is 6.10 Å². The second-order valence-corrected chi connectivity index (χ2v) is 7.31. The molecular weight excluding hydrogens is 356 g/mol. The van der Waals surface area contributed by atoms with Gasteiger partial charge in [-0.05, 0) is 48.6 Å². The number of rotatable bonds is 5. The van der Waals surface area contributed by atoms with Gasteiger partial charge in [0.15, 0.2) is 6.61 Å². The van der Waals surface area contributed by atoms with Gasteiger partial charge in [0.1, 0.15) is 5.75 Å². The summed E-state index contributed by atoms with van der Waals surface area (Å²) < 4.78 is 5.72. The number of hydrogen-bond donors (Lipinski definition) is 2. The molecule has 4 rings (SSSR count). The number of ether oxygens (including phenoxy) is 1. The molecule has 0 bridgehead atoms. The molecule has 2 atom stereocenters. The van der Waals surface area contributed by atoms with Crippen LogP contribution in [0.3, 0.4) is 0 Å². The summed E-state index contributed by atoms with van der Waals surface area (Å²) in [5.41, 5.74) is 2.65. The highest BCUT2D eigenvalue weighted by atomic mass is 16.5. The van der Waals surface area contributed by atoms with Gasteiger partial charge in [0.05, 0.1) is 12.1 Å². The third-order valence-corrected chi connectivity index (χ3v) is 5.46. The Bertz CT molecular complexity index is 868. The van der Waals surface area contributed by atoms with Crippen LogP contribution in [0.4, 0.5) is 5.69 Å². The van der Waals surface area contributed by atoms with E-state index in [-0.39, 0.29) is 24.5 Å². The van der Waals surface area contributed by atoms with Gasteiger partial charge in [-0.15, -0.1) is 0 Å². The van der Waals surface area contributed by atoms with Crippen LogP contribution in [0, 0.1) is 0 Å². The van der Waals surface area contributed by atoms with Crippen molar-refractivity contribution in [3.8, 4) is 5.75 Å². The summed E-state index contributed by atoms with van der Waals surface area (Å²) in [6, 6.07) is 14.7. The molecule has 2 unspecified atom stereocenters. The monoisotopic (exact) mass is 380 g/mol. The van der Waals surface area contributed by atoms with E-state index in [1.54, 1.807) is 11.0 Å². The fourth-order valence-electron chi connectivity index (χ4n) is 3.98. The molecular formula is C22H24N2O4. The number of fused-ring (bicyclic) bond motifs is 1. The van der Waals surface area contributed by atoms with Gasteiger partial charge in [0.2, 0.25) is 5.91 Å². The second kappa shape index (κ2) is 8.02. The maximum Gasteiger partial charge on any atom is 0.260 e. The highest BCUT2D eigenvalue weighted by Gasteiger charge is 2.34. The van der Waals surface area contributed by atoms with E-state index in [1.807, 2.05) is 42.5 Å². The smallest absolute Gasteiger partial charge is 0.260 e. The van der Waals surface area contributed by atoms with Crippen molar-refractivity contribution in [2.24, 2.45) is 0 Å². The molecule has 2 aliphatic rings. The van der Waals surface area contributed by atoms with Crippen LogP contribution in [0.2, 0.25) is 0 Å². The second-order valence-electron chi connectivity index (χ2n) is 7.31. The van der Waals surface area contributed by atoms with E-state index >= 15 is 0 Å². The molecule has 0 radical (unpaired) electrons. The first-order valence-electron chi connectivity index (χ1n) is 9.70. The molecule has 0 saturated carbocycles. The van der Waals surface area contributed by atoms with Crippen molar-refractivity contribution < 1.29 is 19.4 Å². The number of aliphatic hydroxyl groups is 1. The molecule has 2 aromatic carbocycles. The minimum absolute atomic E-state index is 0.0217. The molecule has 0 aliphatic carbocycles. The van der Waals surface area contributed by atoms with E-state index in [0.717, 1.165) is 29.7 Å². The predicted molar refractivity (Wildman–Crippen MR) is 105 cm³/mol. The minimum Gasteiger partial charge on any atom is -0.484 e. The van der Waals surface area contributed by atoms with Crippen molar-refractivity contribution in [2.75, 3.05) is 18.5 Å². The predicted octanol–water partition coefficient (Wildman–Crippen LogP) is 2.67. The highest BCUT2D eigenvalue weighted by molar-refractivity contribution is 5.94. The Labute approximate surface area is 164 Å². The topological polar surface area (TPSA) is 78.9 Å². The van der Waals surface area contributed by atoms with E-state index in [9.17, 15) is 14.7 Å². The fraction of sp³-hybridized carbons (Fsp3) is 0.364. The maximum atomic E-state index is 12.7. The lowest BCUT2D eigenvalue weighted by molar-refractivity contribution is -0.136. The van der Waals surface area contributed by atoms with Gasteiger partial charge < -0.3 is 20.1 Å². The normalized spacial score (nSPS) is 19.7. The van der Waals surface area contributed by atoms with Crippen molar-refractivity contribution in [3.05, 3.63) is 59.7 Å². The number of nitrogens with one attached hydrogen (secondary N) is 1. The summed E-state index contributed by atoms with van der Waals surface area (Å²) in [5, 5.41) is 13.5. The average Bonchev–Trinajstić information content (AvgIpc) is 3.22. The van der Waals surface area contributed by atoms with Crippen molar-refractivity contribution in [1.82, 2.24) is 4.90 Å². The van der Waals surface area contributed by atoms with E-state index in [2.05, 4.69) is 5.32 Å². The van der Waals surface area contributed by atoms with Crippen LogP contribution < -0.4 is 10.1 Å². The SMILES string of the molecule is O=C1CCc2cc(OCC(=O)N3CCCC3C(O)c3ccccc3)ccc2N1. The minimum atomic E-state index is -0.694. The lowest BCUT2D eigenvalue weighted by atomic mass is 10.0. The Morgan fingerprint density at radius 3 is 2.86 bits per heavy atom. The van der Waals surface area contributed by atoms with Crippen molar-refractivity contribution in [1.29, 1.82) is 0 Å². The zero-order valence-electron chi connectivity index (χ0n) is 15.6. The Kier molecular flexibility index (Phi) is 5.30. The molecule has 1 fully saturated rings. The first-order chi connectivity index (χ1) is 13.6. The Morgan fingerprint density at radius 1 is 1.21 bits per heavy atom. The zero-order valence-corrected chi connectivity index (χ0v) is 15.6. The molecule has 2 aromatic rings. The van der Waals surface area contributed by atoms with Crippen LogP contribution in [-0.2, 0) is 16.0 Å². The van der Waals surface area contributed by atoms with Gasteiger partial charge in [-0.1, -0.05) is 30.3 Å². The van der Waals surface area contributed by atoms with E-state index in [1.165, 1.54) is 0 Å². The molecule has 6 heteroatoms. The summed E-state index contributed by atoms with van der Waals surface area (Å²) in [4.78, 5) is 25.9. The summed E-state index contributed by atoms with van der Waals surface area (Å²) in [5.74, 6) is 0.513. The standard InChI is InChI=1S/C22H24N2O4/c25-20-11-8-16-13-17(9-10-18(16)23-20)28-14-21(26)24-12-4-7-19(24)22(27)15-5-2-1-3-6-15/h1-3,5-6,9-10,13,19,22,27H,4,7-8,11-12,14H2,(H,23,25). The van der Waals surface area contributed by atoms with Crippen molar-refractivity contribution >= 4 is 17.5 Å².